The molecule has 1 unspecified atom stereocenters. The molecular weight excluding hydrogens is 405 g/mol. The van der Waals surface area contributed by atoms with Crippen molar-refractivity contribution in [2.75, 3.05) is 18.4 Å². The highest BCUT2D eigenvalue weighted by atomic mass is 35.5. The minimum atomic E-state index is -4.67. The maximum absolute atomic E-state index is 13.0. The molecule has 3 rings (SSSR count). The van der Waals surface area contributed by atoms with Crippen molar-refractivity contribution in [3.05, 3.63) is 46.2 Å². The van der Waals surface area contributed by atoms with Crippen molar-refractivity contribution in [3.8, 4) is 0 Å². The summed E-state index contributed by atoms with van der Waals surface area (Å²) in [4.78, 5) is 14.9. The van der Waals surface area contributed by atoms with Crippen LogP contribution >= 0.6 is 11.6 Å². The molecule has 0 radical (unpaired) electrons. The molecule has 1 aromatic carbocycles. The molecule has 0 saturated carbocycles. The Morgan fingerprint density at radius 3 is 2.38 bits per heavy atom. The van der Waals surface area contributed by atoms with Crippen LogP contribution in [0.5, 0.6) is 0 Å². The molecule has 1 N–H and O–H groups in total. The van der Waals surface area contributed by atoms with Crippen LogP contribution in [0.3, 0.4) is 0 Å². The molecule has 0 aliphatic carbocycles. The van der Waals surface area contributed by atoms with Crippen LogP contribution in [-0.4, -0.2) is 33.7 Å². The fraction of sp³-hybridized carbons (Fsp3) is 0.500. The Hall–Kier alpha value is -2.06. The van der Waals surface area contributed by atoms with Gasteiger partial charge in [-0.2, -0.15) is 18.3 Å². The molecule has 2 aromatic rings. The Morgan fingerprint density at radius 2 is 1.83 bits per heavy atom. The normalized spacial score (nSPS) is 16.6. The molecule has 9 heteroatoms. The highest BCUT2D eigenvalue weighted by Gasteiger charge is 2.39. The van der Waals surface area contributed by atoms with E-state index in [2.05, 4.69) is 15.3 Å². The molecule has 29 heavy (non-hydrogen) atoms. The van der Waals surface area contributed by atoms with Gasteiger partial charge in [-0.15, -0.1) is 0 Å². The van der Waals surface area contributed by atoms with Gasteiger partial charge in [0.1, 0.15) is 6.04 Å². The molecule has 1 aliphatic heterocycles. The van der Waals surface area contributed by atoms with Crippen molar-refractivity contribution >= 4 is 23.2 Å². The molecule has 1 fully saturated rings. The van der Waals surface area contributed by atoms with Gasteiger partial charge in [-0.05, 0) is 57.5 Å². The zero-order chi connectivity index (χ0) is 21.2. The highest BCUT2D eigenvalue weighted by molar-refractivity contribution is 6.32. The van der Waals surface area contributed by atoms with Crippen LogP contribution in [-0.2, 0) is 17.5 Å². The van der Waals surface area contributed by atoms with Gasteiger partial charge in [-0.3, -0.25) is 14.4 Å². The third-order valence-electron chi connectivity index (χ3n) is 5.17. The summed E-state index contributed by atoms with van der Waals surface area (Å²) in [5.74, 6) is -0.468. The summed E-state index contributed by atoms with van der Waals surface area (Å²) in [6.45, 7) is 5.96. The molecule has 1 aromatic heterocycles. The quantitative estimate of drug-likeness (QED) is 0.725. The third-order valence-corrected chi connectivity index (χ3v) is 5.62. The molecule has 5 nitrogen and oxygen atoms in total. The topological polar surface area (TPSA) is 50.2 Å². The number of hydrogen-bond acceptors (Lipinski definition) is 3. The smallest absolute Gasteiger partial charge is 0.324 e. The van der Waals surface area contributed by atoms with Crippen molar-refractivity contribution in [1.29, 1.82) is 0 Å². The van der Waals surface area contributed by atoms with Gasteiger partial charge >= 0.3 is 6.18 Å². The number of rotatable bonds is 5. The minimum Gasteiger partial charge on any atom is -0.324 e. The summed E-state index contributed by atoms with van der Waals surface area (Å²) in [6.07, 6.45) is -0.948. The van der Waals surface area contributed by atoms with E-state index in [4.69, 9.17) is 11.6 Å². The van der Waals surface area contributed by atoms with E-state index in [0.29, 0.717) is 5.69 Å². The van der Waals surface area contributed by atoms with E-state index in [0.717, 1.165) is 29.9 Å². The van der Waals surface area contributed by atoms with Crippen LogP contribution in [0, 0.1) is 6.92 Å². The number of alkyl halides is 3. The Bertz CT molecular complexity index is 858. The lowest BCUT2D eigenvalue weighted by Gasteiger charge is -2.26. The number of carbonyl (C=O) groups excluding carboxylic acids is 1. The van der Waals surface area contributed by atoms with Gasteiger partial charge in [0.2, 0.25) is 5.91 Å². The van der Waals surface area contributed by atoms with E-state index in [-0.39, 0.29) is 5.69 Å². The van der Waals surface area contributed by atoms with E-state index in [9.17, 15) is 18.0 Å². The third kappa shape index (κ3) is 5.11. The predicted molar refractivity (Wildman–Crippen MR) is 106 cm³/mol. The van der Waals surface area contributed by atoms with E-state index in [1.165, 1.54) is 33.1 Å². The van der Waals surface area contributed by atoms with Gasteiger partial charge in [0, 0.05) is 12.2 Å². The van der Waals surface area contributed by atoms with Crippen molar-refractivity contribution in [2.24, 2.45) is 0 Å². The van der Waals surface area contributed by atoms with Crippen molar-refractivity contribution in [2.45, 2.75) is 51.9 Å². The summed E-state index contributed by atoms with van der Waals surface area (Å²) in [5.41, 5.74) is 0.649. The van der Waals surface area contributed by atoms with E-state index in [1.54, 1.807) is 12.1 Å². The van der Waals surface area contributed by atoms with E-state index in [1.807, 2.05) is 12.1 Å². The first-order chi connectivity index (χ1) is 13.7. The fourth-order valence-electron chi connectivity index (χ4n) is 3.48. The molecule has 158 valence electrons. The minimum absolute atomic E-state index is 0.0959. The predicted octanol–water partition coefficient (Wildman–Crippen LogP) is 5.05. The molecule has 1 aliphatic rings. The summed E-state index contributed by atoms with van der Waals surface area (Å²) in [7, 11) is 0. The van der Waals surface area contributed by atoms with E-state index >= 15 is 0 Å². The second-order valence-electron chi connectivity index (χ2n) is 7.39. The van der Waals surface area contributed by atoms with Crippen LogP contribution in [0.4, 0.5) is 18.9 Å². The lowest BCUT2D eigenvalue weighted by molar-refractivity contribution is -0.141. The first kappa shape index (κ1) is 21.6. The number of piperidine rings is 1. The number of carbonyl (C=O) groups is 1. The summed E-state index contributed by atoms with van der Waals surface area (Å²) in [5, 5.41) is 5.76. The monoisotopic (exact) mass is 428 g/mol. The highest BCUT2D eigenvalue weighted by Crippen LogP contribution is 2.36. The molecule has 1 atom stereocenters. The maximum Gasteiger partial charge on any atom is 0.436 e. The lowest BCUT2D eigenvalue weighted by Crippen LogP contribution is -2.29. The zero-order valence-corrected chi connectivity index (χ0v) is 17.1. The number of nitrogens with one attached hydrogen (secondary N) is 1. The molecule has 0 spiro atoms. The van der Waals surface area contributed by atoms with Crippen molar-refractivity contribution in [1.82, 2.24) is 14.7 Å². The average Bonchev–Trinajstić information content (AvgIpc) is 2.99. The lowest BCUT2D eigenvalue weighted by atomic mass is 10.1. The first-order valence-corrected chi connectivity index (χ1v) is 9.98. The molecule has 2 heterocycles. The second-order valence-corrected chi connectivity index (χ2v) is 7.77. The van der Waals surface area contributed by atoms with Gasteiger partial charge in [0.05, 0.1) is 10.7 Å². The van der Waals surface area contributed by atoms with Crippen LogP contribution in [0.25, 0.3) is 0 Å². The van der Waals surface area contributed by atoms with Gasteiger partial charge in [-0.1, -0.05) is 30.2 Å². The largest absolute Gasteiger partial charge is 0.436 e. The number of nitrogens with zero attached hydrogens (tertiary/aromatic N) is 3. The first-order valence-electron chi connectivity index (χ1n) is 9.61. The zero-order valence-electron chi connectivity index (χ0n) is 16.4. The second kappa shape index (κ2) is 8.75. The van der Waals surface area contributed by atoms with Gasteiger partial charge < -0.3 is 5.32 Å². The van der Waals surface area contributed by atoms with Crippen LogP contribution < -0.4 is 5.32 Å². The Morgan fingerprint density at radius 1 is 1.21 bits per heavy atom. The number of halogens is 4. The van der Waals surface area contributed by atoms with Gasteiger partial charge in [0.25, 0.3) is 0 Å². The number of benzene rings is 1. The Labute approximate surface area is 172 Å². The summed E-state index contributed by atoms with van der Waals surface area (Å²) in [6, 6.07) is 6.55. The maximum atomic E-state index is 13.0. The molecule has 0 bridgehead atoms. The summed E-state index contributed by atoms with van der Waals surface area (Å²) < 4.78 is 40.0. The molecule has 1 saturated heterocycles. The fourth-order valence-corrected chi connectivity index (χ4v) is 3.72. The number of aromatic nitrogens is 2. The number of anilines is 1. The standard InChI is InChI=1S/C20H24ClF3N4O/c1-13-17(21)18(20(22,23)24)26-28(13)14(2)19(29)25-16-8-6-15(7-9-16)12-27-10-4-3-5-11-27/h6-9,14H,3-5,10-12H2,1-2H3,(H,25,29). The van der Waals surface area contributed by atoms with Crippen LogP contribution in [0.15, 0.2) is 24.3 Å². The summed E-state index contributed by atoms with van der Waals surface area (Å²) >= 11 is 5.77. The number of amides is 1. The Kier molecular flexibility index (Phi) is 6.53. The van der Waals surface area contributed by atoms with Crippen molar-refractivity contribution in [3.63, 3.8) is 0 Å². The van der Waals surface area contributed by atoms with Crippen LogP contribution in [0.1, 0.15) is 49.2 Å². The molecular formula is C20H24ClF3N4O. The van der Waals surface area contributed by atoms with Gasteiger partial charge in [-0.25, -0.2) is 0 Å². The molecule has 1 amide bonds. The number of likely N-dealkylation sites (tertiary alicyclic amines) is 1. The van der Waals surface area contributed by atoms with Crippen molar-refractivity contribution < 1.29 is 18.0 Å². The number of hydrogen-bond donors (Lipinski definition) is 1. The Balaban J connectivity index is 1.65. The SMILES string of the molecule is Cc1c(Cl)c(C(F)(F)F)nn1C(C)C(=O)Nc1ccc(CN2CCCCC2)cc1. The average molecular weight is 429 g/mol. The van der Waals surface area contributed by atoms with Gasteiger partial charge in [0.15, 0.2) is 5.69 Å². The van der Waals surface area contributed by atoms with Crippen LogP contribution in [0.2, 0.25) is 5.02 Å². The van der Waals surface area contributed by atoms with E-state index < -0.39 is 28.8 Å².